The normalized spacial score (nSPS) is 20.6. The van der Waals surface area contributed by atoms with Gasteiger partial charge in [0.2, 0.25) is 0 Å². The number of nitrogens with zero attached hydrogens (tertiary/aromatic N) is 3. The molecule has 1 heterocycles. The van der Waals surface area contributed by atoms with Crippen LogP contribution < -0.4 is 0 Å². The van der Waals surface area contributed by atoms with Crippen LogP contribution in [0.2, 0.25) is 0 Å². The van der Waals surface area contributed by atoms with Gasteiger partial charge in [0.1, 0.15) is 0 Å². The van der Waals surface area contributed by atoms with Crippen LogP contribution in [0.1, 0.15) is 13.3 Å². The Morgan fingerprint density at radius 1 is 0.929 bits per heavy atom. The first kappa shape index (κ1) is 12.0. The summed E-state index contributed by atoms with van der Waals surface area (Å²) in [6, 6.07) is 0. The lowest BCUT2D eigenvalue weighted by Gasteiger charge is -2.34. The molecule has 14 heavy (non-hydrogen) atoms. The van der Waals surface area contributed by atoms with Gasteiger partial charge in [0.05, 0.1) is 0 Å². The van der Waals surface area contributed by atoms with Gasteiger partial charge >= 0.3 is 0 Å². The Hall–Kier alpha value is -0.120. The van der Waals surface area contributed by atoms with E-state index >= 15 is 0 Å². The third kappa shape index (κ3) is 4.40. The molecule has 0 unspecified atom stereocenters. The number of hydrogen-bond donors (Lipinski definition) is 0. The highest BCUT2D eigenvalue weighted by Crippen LogP contribution is 2.01. The van der Waals surface area contributed by atoms with E-state index in [1.54, 1.807) is 0 Å². The fourth-order valence-corrected chi connectivity index (χ4v) is 1.89. The zero-order chi connectivity index (χ0) is 10.4. The number of piperazine rings is 1. The van der Waals surface area contributed by atoms with Crippen LogP contribution >= 0.6 is 0 Å². The predicted octanol–water partition coefficient (Wildman–Crippen LogP) is 0.576. The van der Waals surface area contributed by atoms with Gasteiger partial charge in [-0.15, -0.1) is 0 Å². The van der Waals surface area contributed by atoms with Gasteiger partial charge in [-0.1, -0.05) is 6.92 Å². The molecule has 1 saturated heterocycles. The van der Waals surface area contributed by atoms with Crippen molar-refractivity contribution in [3.8, 4) is 0 Å². The van der Waals surface area contributed by atoms with Crippen molar-refractivity contribution >= 4 is 0 Å². The Morgan fingerprint density at radius 3 is 1.86 bits per heavy atom. The van der Waals surface area contributed by atoms with Crippen LogP contribution in [-0.2, 0) is 0 Å². The van der Waals surface area contributed by atoms with Gasteiger partial charge in [-0.2, -0.15) is 0 Å². The molecule has 0 aromatic rings. The molecule has 0 atom stereocenters. The Bertz CT molecular complexity index is 139. The van der Waals surface area contributed by atoms with E-state index in [-0.39, 0.29) is 0 Å². The average Bonchev–Trinajstić information content (AvgIpc) is 2.17. The molecule has 0 bridgehead atoms. The van der Waals surface area contributed by atoms with Crippen molar-refractivity contribution < 1.29 is 0 Å². The molecule has 1 aliphatic rings. The summed E-state index contributed by atoms with van der Waals surface area (Å²) in [5.41, 5.74) is 0. The molecule has 0 amide bonds. The van der Waals surface area contributed by atoms with E-state index in [1.165, 1.54) is 52.2 Å². The zero-order valence-electron chi connectivity index (χ0n) is 10.00. The highest BCUT2D eigenvalue weighted by Gasteiger charge is 2.15. The van der Waals surface area contributed by atoms with E-state index in [0.717, 1.165) is 0 Å². The van der Waals surface area contributed by atoms with E-state index in [1.807, 2.05) is 0 Å². The monoisotopic (exact) mass is 199 g/mol. The van der Waals surface area contributed by atoms with Crippen molar-refractivity contribution in [2.75, 3.05) is 59.9 Å². The Balaban J connectivity index is 2.09. The molecule has 1 rings (SSSR count). The molecule has 1 fully saturated rings. The molecular weight excluding hydrogens is 174 g/mol. The van der Waals surface area contributed by atoms with Crippen molar-refractivity contribution in [3.05, 3.63) is 0 Å². The lowest BCUT2D eigenvalue weighted by Crippen LogP contribution is -2.48. The third-order valence-corrected chi connectivity index (χ3v) is 2.87. The van der Waals surface area contributed by atoms with Gasteiger partial charge in [-0.25, -0.2) is 0 Å². The quantitative estimate of drug-likeness (QED) is 0.641. The van der Waals surface area contributed by atoms with Gasteiger partial charge in [0.15, 0.2) is 0 Å². The molecule has 0 aromatic heterocycles. The molecule has 3 nitrogen and oxygen atoms in total. The third-order valence-electron chi connectivity index (χ3n) is 2.87. The highest BCUT2D eigenvalue weighted by atomic mass is 15.3. The van der Waals surface area contributed by atoms with Crippen LogP contribution in [0.4, 0.5) is 0 Å². The average molecular weight is 199 g/mol. The topological polar surface area (TPSA) is 9.72 Å². The second-order valence-corrected chi connectivity index (χ2v) is 4.49. The summed E-state index contributed by atoms with van der Waals surface area (Å²) >= 11 is 0. The summed E-state index contributed by atoms with van der Waals surface area (Å²) < 4.78 is 0. The van der Waals surface area contributed by atoms with Crippen LogP contribution in [0.25, 0.3) is 0 Å². The van der Waals surface area contributed by atoms with Crippen molar-refractivity contribution in [1.29, 1.82) is 0 Å². The van der Waals surface area contributed by atoms with Gasteiger partial charge < -0.3 is 9.80 Å². The maximum atomic E-state index is 2.58. The van der Waals surface area contributed by atoms with E-state index in [0.29, 0.717) is 0 Å². The van der Waals surface area contributed by atoms with Crippen molar-refractivity contribution in [2.45, 2.75) is 13.3 Å². The molecule has 0 spiro atoms. The van der Waals surface area contributed by atoms with E-state index in [2.05, 4.69) is 35.7 Å². The van der Waals surface area contributed by atoms with Crippen molar-refractivity contribution in [3.63, 3.8) is 0 Å². The van der Waals surface area contributed by atoms with Crippen molar-refractivity contribution in [1.82, 2.24) is 14.7 Å². The van der Waals surface area contributed by atoms with Gasteiger partial charge in [-0.3, -0.25) is 4.90 Å². The summed E-state index contributed by atoms with van der Waals surface area (Å²) in [4.78, 5) is 7.41. The minimum atomic E-state index is 1.19. The molecule has 0 saturated carbocycles. The number of rotatable bonds is 5. The zero-order valence-corrected chi connectivity index (χ0v) is 10.00. The first-order chi connectivity index (χ1) is 6.72. The summed E-state index contributed by atoms with van der Waals surface area (Å²) in [7, 11) is 4.29. The van der Waals surface area contributed by atoms with Crippen LogP contribution in [0.15, 0.2) is 0 Å². The van der Waals surface area contributed by atoms with E-state index in [9.17, 15) is 0 Å². The number of hydrogen-bond acceptors (Lipinski definition) is 3. The predicted molar refractivity (Wildman–Crippen MR) is 61.7 cm³/mol. The van der Waals surface area contributed by atoms with Gasteiger partial charge in [0, 0.05) is 39.3 Å². The second kappa shape index (κ2) is 6.38. The van der Waals surface area contributed by atoms with Gasteiger partial charge in [-0.05, 0) is 27.1 Å². The maximum Gasteiger partial charge on any atom is 0.0110 e. The Morgan fingerprint density at radius 2 is 1.43 bits per heavy atom. The van der Waals surface area contributed by atoms with Crippen LogP contribution in [-0.4, -0.2) is 74.6 Å². The summed E-state index contributed by atoms with van der Waals surface area (Å²) in [6.07, 6.45) is 1.29. The molecule has 0 radical (unpaired) electrons. The largest absolute Gasteiger partial charge is 0.308 e. The first-order valence-electron chi connectivity index (χ1n) is 5.82. The first-order valence-corrected chi connectivity index (χ1v) is 5.82. The molecular formula is C11H25N3. The summed E-state index contributed by atoms with van der Waals surface area (Å²) in [5.74, 6) is 0. The van der Waals surface area contributed by atoms with Crippen LogP contribution in [0.3, 0.4) is 0 Å². The molecule has 84 valence electrons. The molecule has 0 aliphatic carbocycles. The summed E-state index contributed by atoms with van der Waals surface area (Å²) in [5, 5.41) is 0. The number of likely N-dealkylation sites (N-methyl/N-ethyl adjacent to an activating group) is 1. The standard InChI is InChI=1S/C11H25N3/c1-4-5-13-8-10-14(11-9-13)7-6-12(2)3/h4-11H2,1-3H3. The molecule has 0 aromatic carbocycles. The Labute approximate surface area is 88.7 Å². The highest BCUT2D eigenvalue weighted by molar-refractivity contribution is 4.71. The van der Waals surface area contributed by atoms with E-state index in [4.69, 9.17) is 0 Å². The molecule has 0 N–H and O–H groups in total. The van der Waals surface area contributed by atoms with Crippen LogP contribution in [0.5, 0.6) is 0 Å². The fraction of sp³-hybridized carbons (Fsp3) is 1.00. The second-order valence-electron chi connectivity index (χ2n) is 4.49. The smallest absolute Gasteiger partial charge is 0.0110 e. The molecule has 1 aliphatic heterocycles. The van der Waals surface area contributed by atoms with Crippen LogP contribution in [0, 0.1) is 0 Å². The fourth-order valence-electron chi connectivity index (χ4n) is 1.89. The lowest BCUT2D eigenvalue weighted by molar-refractivity contribution is 0.125. The maximum absolute atomic E-state index is 2.58. The SMILES string of the molecule is CCCN1CCN(CCN(C)C)CC1. The van der Waals surface area contributed by atoms with Crippen molar-refractivity contribution in [2.24, 2.45) is 0 Å². The van der Waals surface area contributed by atoms with Gasteiger partial charge in [0.25, 0.3) is 0 Å². The summed E-state index contributed by atoms with van der Waals surface area (Å²) in [6.45, 7) is 11.0. The minimum Gasteiger partial charge on any atom is -0.308 e. The lowest BCUT2D eigenvalue weighted by atomic mass is 10.3. The molecule has 3 heteroatoms. The minimum absolute atomic E-state index is 1.19. The van der Waals surface area contributed by atoms with E-state index < -0.39 is 0 Å². The Kier molecular flexibility index (Phi) is 5.45.